The second-order valence-electron chi connectivity index (χ2n) is 7.68. The SMILES string of the molecule is CCCCCOc1cc2c(c(O)c1C(=O)c1ccccc1)C(=O)CC(C)(C)O2. The number of ether oxygens (including phenoxy) is 2. The number of phenols is 1. The lowest BCUT2D eigenvalue weighted by molar-refractivity contribution is 0.0612. The minimum atomic E-state index is -0.680. The molecule has 28 heavy (non-hydrogen) atoms. The maximum atomic E-state index is 13.1. The Bertz CT molecular complexity index is 884. The molecule has 2 aromatic rings. The van der Waals surface area contributed by atoms with E-state index < -0.39 is 5.60 Å². The number of ketones is 2. The first-order valence-electron chi connectivity index (χ1n) is 9.69. The summed E-state index contributed by atoms with van der Waals surface area (Å²) in [5, 5.41) is 10.9. The predicted octanol–water partition coefficient (Wildman–Crippen LogP) is 4.94. The van der Waals surface area contributed by atoms with Gasteiger partial charge in [0.05, 0.1) is 13.0 Å². The molecular weight excluding hydrogens is 356 g/mol. The third kappa shape index (κ3) is 4.03. The monoisotopic (exact) mass is 382 g/mol. The van der Waals surface area contributed by atoms with Crippen molar-refractivity contribution in [1.29, 1.82) is 0 Å². The molecule has 2 aromatic carbocycles. The van der Waals surface area contributed by atoms with Gasteiger partial charge in [0.25, 0.3) is 0 Å². The summed E-state index contributed by atoms with van der Waals surface area (Å²) < 4.78 is 11.8. The van der Waals surface area contributed by atoms with Gasteiger partial charge in [-0.05, 0) is 20.3 Å². The number of phenolic OH excluding ortho intramolecular Hbond substituents is 1. The third-order valence-corrected chi connectivity index (χ3v) is 4.75. The number of unbranched alkanes of at least 4 members (excludes halogenated alkanes) is 2. The molecule has 0 saturated heterocycles. The number of rotatable bonds is 7. The molecule has 0 aliphatic carbocycles. The van der Waals surface area contributed by atoms with Gasteiger partial charge in [-0.2, -0.15) is 0 Å². The summed E-state index contributed by atoms with van der Waals surface area (Å²) in [6.45, 7) is 6.14. The Kier molecular flexibility index (Phi) is 5.73. The summed E-state index contributed by atoms with van der Waals surface area (Å²) in [5.41, 5.74) is -0.195. The lowest BCUT2D eigenvalue weighted by Crippen LogP contribution is -2.36. The van der Waals surface area contributed by atoms with Crippen molar-refractivity contribution in [3.63, 3.8) is 0 Å². The molecule has 1 heterocycles. The van der Waals surface area contributed by atoms with Crippen molar-refractivity contribution in [2.24, 2.45) is 0 Å². The van der Waals surface area contributed by atoms with Crippen LogP contribution in [0, 0.1) is 0 Å². The standard InChI is InChI=1S/C23H26O5/c1-4-5-9-12-27-17-13-18-19(16(24)14-23(2,3)28-18)22(26)20(17)21(25)15-10-7-6-8-11-15/h6-8,10-11,13,26H,4-5,9,12,14H2,1-3H3. The predicted molar refractivity (Wildman–Crippen MR) is 107 cm³/mol. The van der Waals surface area contributed by atoms with Crippen LogP contribution in [-0.4, -0.2) is 28.9 Å². The molecule has 1 aliphatic rings. The minimum absolute atomic E-state index is 0.0121. The fraction of sp³-hybridized carbons (Fsp3) is 0.391. The molecule has 148 valence electrons. The lowest BCUT2D eigenvalue weighted by atomic mass is 9.89. The third-order valence-electron chi connectivity index (χ3n) is 4.75. The highest BCUT2D eigenvalue weighted by molar-refractivity contribution is 6.15. The second-order valence-corrected chi connectivity index (χ2v) is 7.68. The topological polar surface area (TPSA) is 72.8 Å². The minimum Gasteiger partial charge on any atom is -0.506 e. The van der Waals surface area contributed by atoms with Crippen LogP contribution in [-0.2, 0) is 0 Å². The average Bonchev–Trinajstić information content (AvgIpc) is 2.64. The van der Waals surface area contributed by atoms with Gasteiger partial charge >= 0.3 is 0 Å². The Hall–Kier alpha value is -2.82. The van der Waals surface area contributed by atoms with E-state index in [-0.39, 0.29) is 46.4 Å². The number of carbonyl (C=O) groups excluding carboxylic acids is 2. The van der Waals surface area contributed by atoms with Gasteiger partial charge < -0.3 is 14.6 Å². The number of hydrogen-bond donors (Lipinski definition) is 1. The van der Waals surface area contributed by atoms with Crippen LogP contribution < -0.4 is 9.47 Å². The molecule has 0 saturated carbocycles. The number of Topliss-reactive ketones (excluding diaryl/α,β-unsaturated/α-hetero) is 1. The van der Waals surface area contributed by atoms with Crippen LogP contribution >= 0.6 is 0 Å². The Labute approximate surface area is 165 Å². The number of hydrogen-bond acceptors (Lipinski definition) is 5. The molecule has 5 heteroatoms. The summed E-state index contributed by atoms with van der Waals surface area (Å²) in [5.74, 6) is -0.495. The smallest absolute Gasteiger partial charge is 0.200 e. The lowest BCUT2D eigenvalue weighted by Gasteiger charge is -2.32. The first-order valence-corrected chi connectivity index (χ1v) is 9.69. The Morgan fingerprint density at radius 2 is 1.93 bits per heavy atom. The highest BCUT2D eigenvalue weighted by atomic mass is 16.5. The zero-order valence-corrected chi connectivity index (χ0v) is 16.6. The van der Waals surface area contributed by atoms with Crippen molar-refractivity contribution in [2.75, 3.05) is 6.61 Å². The van der Waals surface area contributed by atoms with Gasteiger partial charge in [-0.15, -0.1) is 0 Å². The van der Waals surface area contributed by atoms with Crippen LogP contribution in [0.15, 0.2) is 36.4 Å². The van der Waals surface area contributed by atoms with Gasteiger partial charge in [0.2, 0.25) is 5.78 Å². The van der Waals surface area contributed by atoms with E-state index in [9.17, 15) is 14.7 Å². The molecule has 1 aliphatic heterocycles. The summed E-state index contributed by atoms with van der Waals surface area (Å²) in [4.78, 5) is 25.8. The van der Waals surface area contributed by atoms with Crippen LogP contribution in [0.1, 0.15) is 72.7 Å². The van der Waals surface area contributed by atoms with Crippen LogP contribution in [0.5, 0.6) is 17.2 Å². The molecular formula is C23H26O5. The molecule has 0 bridgehead atoms. The molecule has 0 aromatic heterocycles. The zero-order valence-electron chi connectivity index (χ0n) is 16.6. The number of carbonyl (C=O) groups is 2. The summed E-state index contributed by atoms with van der Waals surface area (Å²) >= 11 is 0. The van der Waals surface area contributed by atoms with Gasteiger partial charge in [-0.25, -0.2) is 0 Å². The molecule has 1 N–H and O–H groups in total. The van der Waals surface area contributed by atoms with E-state index in [1.54, 1.807) is 30.3 Å². The van der Waals surface area contributed by atoms with E-state index in [0.29, 0.717) is 12.2 Å². The van der Waals surface area contributed by atoms with Crippen LogP contribution in [0.2, 0.25) is 0 Å². The first kappa shape index (κ1) is 19.9. The Balaban J connectivity index is 2.09. The second kappa shape index (κ2) is 8.05. The van der Waals surface area contributed by atoms with Crippen LogP contribution in [0.3, 0.4) is 0 Å². The van der Waals surface area contributed by atoms with E-state index in [4.69, 9.17) is 9.47 Å². The van der Waals surface area contributed by atoms with Gasteiger partial charge in [0.15, 0.2) is 5.78 Å². The van der Waals surface area contributed by atoms with Crippen LogP contribution in [0.25, 0.3) is 0 Å². The number of aromatic hydroxyl groups is 1. The van der Waals surface area contributed by atoms with E-state index in [2.05, 4.69) is 6.92 Å². The molecule has 0 atom stereocenters. The number of fused-ring (bicyclic) bond motifs is 1. The maximum absolute atomic E-state index is 13.1. The normalized spacial score (nSPS) is 14.9. The van der Waals surface area contributed by atoms with Crippen LogP contribution in [0.4, 0.5) is 0 Å². The van der Waals surface area contributed by atoms with E-state index in [1.807, 2.05) is 19.9 Å². The summed E-state index contributed by atoms with van der Waals surface area (Å²) in [6.07, 6.45) is 3.00. The van der Waals surface area contributed by atoms with Gasteiger partial charge in [-0.3, -0.25) is 9.59 Å². The molecule has 0 radical (unpaired) electrons. The molecule has 0 fully saturated rings. The quantitative estimate of drug-likeness (QED) is 0.543. The summed E-state index contributed by atoms with van der Waals surface area (Å²) in [7, 11) is 0. The fourth-order valence-electron chi connectivity index (χ4n) is 3.38. The molecule has 3 rings (SSSR count). The fourth-order valence-corrected chi connectivity index (χ4v) is 3.38. The van der Waals surface area contributed by atoms with E-state index in [1.165, 1.54) is 0 Å². The zero-order chi connectivity index (χ0) is 20.3. The van der Waals surface area contributed by atoms with Crippen molar-refractivity contribution < 1.29 is 24.2 Å². The average molecular weight is 382 g/mol. The van der Waals surface area contributed by atoms with Gasteiger partial charge in [-0.1, -0.05) is 50.1 Å². The molecule has 0 amide bonds. The van der Waals surface area contributed by atoms with Crippen molar-refractivity contribution >= 4 is 11.6 Å². The van der Waals surface area contributed by atoms with Crippen molar-refractivity contribution in [3.8, 4) is 17.2 Å². The first-order chi connectivity index (χ1) is 13.3. The van der Waals surface area contributed by atoms with Gasteiger partial charge in [0.1, 0.15) is 34.0 Å². The molecule has 0 unspecified atom stereocenters. The molecule has 0 spiro atoms. The number of benzene rings is 2. The van der Waals surface area contributed by atoms with Crippen molar-refractivity contribution in [3.05, 3.63) is 53.1 Å². The Morgan fingerprint density at radius 1 is 1.21 bits per heavy atom. The highest BCUT2D eigenvalue weighted by Crippen LogP contribution is 2.45. The summed E-state index contributed by atoms with van der Waals surface area (Å²) in [6, 6.07) is 10.2. The van der Waals surface area contributed by atoms with E-state index in [0.717, 1.165) is 19.3 Å². The Morgan fingerprint density at radius 3 is 2.61 bits per heavy atom. The van der Waals surface area contributed by atoms with Crippen molar-refractivity contribution in [2.45, 2.75) is 52.1 Å². The van der Waals surface area contributed by atoms with E-state index >= 15 is 0 Å². The molecule has 5 nitrogen and oxygen atoms in total. The highest BCUT2D eigenvalue weighted by Gasteiger charge is 2.37. The van der Waals surface area contributed by atoms with Gasteiger partial charge in [0, 0.05) is 11.6 Å². The van der Waals surface area contributed by atoms with Crippen molar-refractivity contribution in [1.82, 2.24) is 0 Å². The maximum Gasteiger partial charge on any atom is 0.200 e. The largest absolute Gasteiger partial charge is 0.506 e.